The largest absolute Gasteiger partial charge is 0.469 e. The molecule has 2 rings (SSSR count). The molecule has 2 aromatic rings. The van der Waals surface area contributed by atoms with E-state index in [2.05, 4.69) is 24.3 Å². The van der Waals surface area contributed by atoms with Gasteiger partial charge in [0.25, 0.3) is 0 Å². The molecule has 0 aliphatic heterocycles. The van der Waals surface area contributed by atoms with Crippen LogP contribution in [0, 0.1) is 5.41 Å². The van der Waals surface area contributed by atoms with Crippen LogP contribution in [0.3, 0.4) is 0 Å². The van der Waals surface area contributed by atoms with Crippen LogP contribution < -0.4 is 0 Å². The van der Waals surface area contributed by atoms with Gasteiger partial charge in [-0.2, -0.15) is 0 Å². The molecule has 0 saturated heterocycles. The molecule has 2 aromatic carbocycles. The lowest BCUT2D eigenvalue weighted by atomic mass is 9.71. The van der Waals surface area contributed by atoms with Crippen LogP contribution in [0.5, 0.6) is 0 Å². The van der Waals surface area contributed by atoms with Crippen LogP contribution in [0.2, 0.25) is 0 Å². The number of carbonyl (C=O) groups is 1. The molecule has 2 nitrogen and oxygen atoms in total. The standard InChI is InChI=1S/C18H20O2/c1-18(2,17(19)20-3)16(14-10-6-4-7-11-14)15-12-8-5-9-13-15/h4-13,16H,1-3H3. The van der Waals surface area contributed by atoms with Crippen molar-refractivity contribution in [3.8, 4) is 0 Å². The highest BCUT2D eigenvalue weighted by Gasteiger charge is 2.39. The number of rotatable bonds is 4. The number of benzene rings is 2. The SMILES string of the molecule is COC(=O)C(C)(C)C(c1ccccc1)c1ccccc1. The molecule has 0 unspecified atom stereocenters. The monoisotopic (exact) mass is 268 g/mol. The van der Waals surface area contributed by atoms with Crippen LogP contribution in [0.4, 0.5) is 0 Å². The van der Waals surface area contributed by atoms with Gasteiger partial charge in [-0.3, -0.25) is 4.79 Å². The summed E-state index contributed by atoms with van der Waals surface area (Å²) in [5.41, 5.74) is 1.61. The van der Waals surface area contributed by atoms with Gasteiger partial charge in [0.2, 0.25) is 0 Å². The highest BCUT2D eigenvalue weighted by atomic mass is 16.5. The number of methoxy groups -OCH3 is 1. The van der Waals surface area contributed by atoms with Crippen LogP contribution in [-0.4, -0.2) is 13.1 Å². The van der Waals surface area contributed by atoms with Crippen LogP contribution in [0.1, 0.15) is 30.9 Å². The van der Waals surface area contributed by atoms with Crippen molar-refractivity contribution < 1.29 is 9.53 Å². The second kappa shape index (κ2) is 5.91. The van der Waals surface area contributed by atoms with E-state index in [1.54, 1.807) is 0 Å². The molecule has 0 bridgehead atoms. The van der Waals surface area contributed by atoms with Gasteiger partial charge in [0.15, 0.2) is 0 Å². The Morgan fingerprint density at radius 1 is 0.900 bits per heavy atom. The highest BCUT2D eigenvalue weighted by Crippen LogP contribution is 2.41. The minimum absolute atomic E-state index is 0.0302. The summed E-state index contributed by atoms with van der Waals surface area (Å²) in [7, 11) is 1.44. The first-order valence-electron chi connectivity index (χ1n) is 6.75. The molecule has 0 heterocycles. The molecule has 0 radical (unpaired) electrons. The van der Waals surface area contributed by atoms with E-state index < -0.39 is 5.41 Å². The fraction of sp³-hybridized carbons (Fsp3) is 0.278. The summed E-state index contributed by atoms with van der Waals surface area (Å²) in [6.45, 7) is 3.87. The summed E-state index contributed by atoms with van der Waals surface area (Å²) in [5.74, 6) is -0.229. The van der Waals surface area contributed by atoms with Gasteiger partial charge in [0.1, 0.15) is 0 Å². The first-order chi connectivity index (χ1) is 9.57. The summed E-state index contributed by atoms with van der Waals surface area (Å²) in [5, 5.41) is 0. The van der Waals surface area contributed by atoms with Crippen molar-refractivity contribution in [2.45, 2.75) is 19.8 Å². The predicted octanol–water partition coefficient (Wildman–Crippen LogP) is 4.02. The van der Waals surface area contributed by atoms with E-state index in [1.165, 1.54) is 7.11 Å². The van der Waals surface area contributed by atoms with Gasteiger partial charge in [-0.25, -0.2) is 0 Å². The topological polar surface area (TPSA) is 26.3 Å². The van der Waals surface area contributed by atoms with Crippen molar-refractivity contribution in [3.05, 3.63) is 71.8 Å². The molecule has 20 heavy (non-hydrogen) atoms. The zero-order valence-electron chi connectivity index (χ0n) is 12.2. The molecule has 0 amide bonds. The summed E-state index contributed by atoms with van der Waals surface area (Å²) < 4.78 is 5.00. The lowest BCUT2D eigenvalue weighted by Gasteiger charge is -2.32. The van der Waals surface area contributed by atoms with Gasteiger partial charge in [0, 0.05) is 5.92 Å². The second-order valence-corrected chi connectivity index (χ2v) is 5.47. The molecule has 104 valence electrons. The van der Waals surface area contributed by atoms with E-state index in [1.807, 2.05) is 50.2 Å². The van der Waals surface area contributed by atoms with E-state index in [0.717, 1.165) is 11.1 Å². The van der Waals surface area contributed by atoms with Crippen molar-refractivity contribution in [3.63, 3.8) is 0 Å². The van der Waals surface area contributed by atoms with Crippen LogP contribution in [-0.2, 0) is 9.53 Å². The average molecular weight is 268 g/mol. The number of hydrogen-bond donors (Lipinski definition) is 0. The third-order valence-corrected chi connectivity index (χ3v) is 3.70. The number of ether oxygens (including phenoxy) is 1. The maximum absolute atomic E-state index is 12.2. The lowest BCUT2D eigenvalue weighted by Crippen LogP contribution is -2.33. The zero-order valence-corrected chi connectivity index (χ0v) is 12.2. The van der Waals surface area contributed by atoms with E-state index in [0.29, 0.717) is 0 Å². The van der Waals surface area contributed by atoms with Gasteiger partial charge in [-0.05, 0) is 25.0 Å². The minimum atomic E-state index is -0.628. The van der Waals surface area contributed by atoms with E-state index in [4.69, 9.17) is 4.74 Å². The third-order valence-electron chi connectivity index (χ3n) is 3.70. The first-order valence-corrected chi connectivity index (χ1v) is 6.75. The Morgan fingerprint density at radius 3 is 1.65 bits per heavy atom. The fourth-order valence-corrected chi connectivity index (χ4v) is 2.70. The van der Waals surface area contributed by atoms with Crippen LogP contribution in [0.25, 0.3) is 0 Å². The van der Waals surface area contributed by atoms with Crippen molar-refractivity contribution in [1.29, 1.82) is 0 Å². The summed E-state index contributed by atoms with van der Waals surface area (Å²) in [6, 6.07) is 20.2. The summed E-state index contributed by atoms with van der Waals surface area (Å²) in [6.07, 6.45) is 0. The van der Waals surface area contributed by atoms with E-state index in [9.17, 15) is 4.79 Å². The Balaban J connectivity index is 2.54. The molecule has 0 saturated carbocycles. The molecule has 0 spiro atoms. The molecule has 2 heteroatoms. The maximum Gasteiger partial charge on any atom is 0.312 e. The smallest absolute Gasteiger partial charge is 0.312 e. The molecular formula is C18H20O2. The van der Waals surface area contributed by atoms with E-state index in [-0.39, 0.29) is 11.9 Å². The molecule has 0 aromatic heterocycles. The minimum Gasteiger partial charge on any atom is -0.469 e. The quantitative estimate of drug-likeness (QED) is 0.783. The van der Waals surface area contributed by atoms with Crippen LogP contribution >= 0.6 is 0 Å². The Hall–Kier alpha value is -2.09. The lowest BCUT2D eigenvalue weighted by molar-refractivity contribution is -0.151. The predicted molar refractivity (Wildman–Crippen MR) is 80.5 cm³/mol. The number of hydrogen-bond acceptors (Lipinski definition) is 2. The first kappa shape index (κ1) is 14.3. The summed E-state index contributed by atoms with van der Waals surface area (Å²) in [4.78, 5) is 12.2. The van der Waals surface area contributed by atoms with Gasteiger partial charge < -0.3 is 4.74 Å². The highest BCUT2D eigenvalue weighted by molar-refractivity contribution is 5.78. The van der Waals surface area contributed by atoms with Crippen molar-refractivity contribution in [2.75, 3.05) is 7.11 Å². The molecule has 0 aliphatic rings. The second-order valence-electron chi connectivity index (χ2n) is 5.47. The van der Waals surface area contributed by atoms with Gasteiger partial charge in [-0.15, -0.1) is 0 Å². The van der Waals surface area contributed by atoms with Gasteiger partial charge in [-0.1, -0.05) is 60.7 Å². The Labute approximate surface area is 120 Å². The normalized spacial score (nSPS) is 11.4. The molecule has 0 fully saturated rings. The van der Waals surface area contributed by atoms with Crippen LogP contribution in [0.15, 0.2) is 60.7 Å². The zero-order chi connectivity index (χ0) is 14.6. The molecular weight excluding hydrogens is 248 g/mol. The molecule has 0 N–H and O–H groups in total. The molecule has 0 aliphatic carbocycles. The van der Waals surface area contributed by atoms with Crippen molar-refractivity contribution >= 4 is 5.97 Å². The Kier molecular flexibility index (Phi) is 4.23. The molecule has 0 atom stereocenters. The van der Waals surface area contributed by atoms with E-state index >= 15 is 0 Å². The van der Waals surface area contributed by atoms with Gasteiger partial charge in [0.05, 0.1) is 12.5 Å². The third kappa shape index (κ3) is 2.74. The number of carbonyl (C=O) groups excluding carboxylic acids is 1. The average Bonchev–Trinajstić information content (AvgIpc) is 2.48. The number of esters is 1. The fourth-order valence-electron chi connectivity index (χ4n) is 2.70. The van der Waals surface area contributed by atoms with Crippen molar-refractivity contribution in [2.24, 2.45) is 5.41 Å². The summed E-state index contributed by atoms with van der Waals surface area (Å²) >= 11 is 0. The van der Waals surface area contributed by atoms with Gasteiger partial charge >= 0.3 is 5.97 Å². The maximum atomic E-state index is 12.2. The van der Waals surface area contributed by atoms with Crippen molar-refractivity contribution in [1.82, 2.24) is 0 Å². The Morgan fingerprint density at radius 2 is 1.30 bits per heavy atom. The Bertz CT molecular complexity index is 519.